The maximum absolute atomic E-state index is 11.8. The van der Waals surface area contributed by atoms with E-state index in [1.54, 1.807) is 0 Å². The Morgan fingerprint density at radius 3 is 2.86 bits per heavy atom. The number of carbonyl (C=O) groups excluding carboxylic acids is 1. The molecule has 1 aromatic carbocycles. The minimum absolute atomic E-state index is 0.0201. The normalized spacial score (nSPS) is 10.9. The van der Waals surface area contributed by atoms with Gasteiger partial charge in [-0.05, 0) is 18.4 Å². The molecule has 0 bridgehead atoms. The smallest absolute Gasteiger partial charge is 0.226 e. The van der Waals surface area contributed by atoms with Crippen molar-refractivity contribution < 1.29 is 4.79 Å². The van der Waals surface area contributed by atoms with Crippen LogP contribution in [0.4, 0.5) is 0 Å². The lowest BCUT2D eigenvalue weighted by Crippen LogP contribution is -2.26. The van der Waals surface area contributed by atoms with E-state index in [9.17, 15) is 4.79 Å². The first-order valence-electron chi connectivity index (χ1n) is 7.02. The van der Waals surface area contributed by atoms with Gasteiger partial charge in [0.15, 0.2) is 0 Å². The van der Waals surface area contributed by atoms with Gasteiger partial charge in [-0.15, -0.1) is 11.3 Å². The number of rotatable bonds is 6. The van der Waals surface area contributed by atoms with Crippen LogP contribution in [0.15, 0.2) is 29.6 Å². The molecule has 0 aliphatic carbocycles. The van der Waals surface area contributed by atoms with Crippen LogP contribution in [0.1, 0.15) is 26.0 Å². The van der Waals surface area contributed by atoms with Crippen molar-refractivity contribution in [2.75, 3.05) is 6.54 Å². The van der Waals surface area contributed by atoms with Crippen molar-refractivity contribution in [2.24, 2.45) is 5.92 Å². The second-order valence-electron chi connectivity index (χ2n) is 5.33. The summed E-state index contributed by atoms with van der Waals surface area (Å²) in [5.41, 5.74) is 1.70. The Balaban J connectivity index is 1.94. The lowest BCUT2D eigenvalue weighted by molar-refractivity contribution is -0.120. The van der Waals surface area contributed by atoms with Crippen LogP contribution in [0.5, 0.6) is 0 Å². The molecule has 0 radical (unpaired) electrons. The number of benzene rings is 1. The van der Waals surface area contributed by atoms with Crippen molar-refractivity contribution in [1.29, 1.82) is 0 Å². The van der Waals surface area contributed by atoms with E-state index < -0.39 is 0 Å². The fourth-order valence-corrected chi connectivity index (χ4v) is 3.01. The highest BCUT2D eigenvalue weighted by Gasteiger charge is 2.10. The summed E-state index contributed by atoms with van der Waals surface area (Å²) in [5, 5.41) is 6.37. The van der Waals surface area contributed by atoms with Crippen LogP contribution in [0.3, 0.4) is 0 Å². The highest BCUT2D eigenvalue weighted by Crippen LogP contribution is 2.30. The highest BCUT2D eigenvalue weighted by molar-refractivity contribution is 7.13. The van der Waals surface area contributed by atoms with Gasteiger partial charge in [-0.3, -0.25) is 4.79 Å². The summed E-state index contributed by atoms with van der Waals surface area (Å²) in [5.74, 6) is 0.614. The van der Waals surface area contributed by atoms with E-state index in [4.69, 9.17) is 11.6 Å². The Morgan fingerprint density at radius 1 is 1.38 bits per heavy atom. The Morgan fingerprint density at radius 2 is 2.14 bits per heavy atom. The molecule has 2 rings (SSSR count). The van der Waals surface area contributed by atoms with E-state index in [1.807, 2.05) is 29.6 Å². The molecule has 0 aliphatic rings. The predicted molar refractivity (Wildman–Crippen MR) is 88.7 cm³/mol. The Bertz CT molecular complexity index is 610. The molecule has 1 heterocycles. The van der Waals surface area contributed by atoms with Gasteiger partial charge in [0.05, 0.1) is 17.1 Å². The lowest BCUT2D eigenvalue weighted by atomic mass is 10.1. The van der Waals surface area contributed by atoms with Gasteiger partial charge in [-0.25, -0.2) is 4.98 Å². The number of thiazole rings is 1. The summed E-state index contributed by atoms with van der Waals surface area (Å²) in [7, 11) is 0. The predicted octanol–water partition coefficient (Wildman–Crippen LogP) is 4.17. The molecule has 21 heavy (non-hydrogen) atoms. The molecule has 1 amide bonds. The quantitative estimate of drug-likeness (QED) is 0.867. The molecule has 0 atom stereocenters. The van der Waals surface area contributed by atoms with Crippen LogP contribution in [-0.4, -0.2) is 17.4 Å². The van der Waals surface area contributed by atoms with Crippen molar-refractivity contribution in [3.8, 4) is 10.6 Å². The molecule has 0 saturated carbocycles. The van der Waals surface area contributed by atoms with Crippen LogP contribution in [-0.2, 0) is 11.2 Å². The van der Waals surface area contributed by atoms with Crippen molar-refractivity contribution >= 4 is 28.8 Å². The number of nitrogens with one attached hydrogen (secondary N) is 1. The van der Waals surface area contributed by atoms with Crippen LogP contribution in [0.25, 0.3) is 10.6 Å². The Hall–Kier alpha value is -1.39. The molecule has 0 spiro atoms. The zero-order valence-corrected chi connectivity index (χ0v) is 13.8. The lowest BCUT2D eigenvalue weighted by Gasteiger charge is -2.06. The van der Waals surface area contributed by atoms with Crippen LogP contribution >= 0.6 is 22.9 Å². The third-order valence-electron chi connectivity index (χ3n) is 3.04. The number of halogens is 1. The Labute approximate surface area is 134 Å². The van der Waals surface area contributed by atoms with Crippen LogP contribution < -0.4 is 5.32 Å². The standard InChI is InChI=1S/C16H19ClN2OS/c1-11(2)7-8-18-15(20)9-12-10-21-16(19-12)13-5-3-4-6-14(13)17/h3-6,10-11H,7-9H2,1-2H3,(H,18,20). The van der Waals surface area contributed by atoms with E-state index >= 15 is 0 Å². The van der Waals surface area contributed by atoms with Gasteiger partial charge in [-0.2, -0.15) is 0 Å². The highest BCUT2D eigenvalue weighted by atomic mass is 35.5. The zero-order valence-electron chi connectivity index (χ0n) is 12.2. The molecule has 1 aromatic heterocycles. The Kier molecular flexibility index (Phi) is 5.76. The van der Waals surface area contributed by atoms with Gasteiger partial charge < -0.3 is 5.32 Å². The average Bonchev–Trinajstić information content (AvgIpc) is 2.87. The number of amides is 1. The molecular weight excluding hydrogens is 304 g/mol. The number of aromatic nitrogens is 1. The van der Waals surface area contributed by atoms with Crippen molar-refractivity contribution in [3.63, 3.8) is 0 Å². The molecule has 0 unspecified atom stereocenters. The average molecular weight is 323 g/mol. The first kappa shape index (κ1) is 16.0. The minimum atomic E-state index is 0.0201. The summed E-state index contributed by atoms with van der Waals surface area (Å²) in [6.07, 6.45) is 1.31. The van der Waals surface area contributed by atoms with Gasteiger partial charge in [-0.1, -0.05) is 43.6 Å². The van der Waals surface area contributed by atoms with Gasteiger partial charge in [0.1, 0.15) is 5.01 Å². The first-order valence-corrected chi connectivity index (χ1v) is 8.28. The van der Waals surface area contributed by atoms with Crippen LogP contribution in [0.2, 0.25) is 5.02 Å². The third-order valence-corrected chi connectivity index (χ3v) is 4.30. The summed E-state index contributed by atoms with van der Waals surface area (Å²) < 4.78 is 0. The van der Waals surface area contributed by atoms with Gasteiger partial charge in [0, 0.05) is 17.5 Å². The van der Waals surface area contributed by atoms with Crippen molar-refractivity contribution in [3.05, 3.63) is 40.4 Å². The second-order valence-corrected chi connectivity index (χ2v) is 6.60. The number of hydrogen-bond acceptors (Lipinski definition) is 3. The van der Waals surface area contributed by atoms with E-state index in [1.165, 1.54) is 11.3 Å². The number of carbonyl (C=O) groups is 1. The topological polar surface area (TPSA) is 42.0 Å². The molecule has 1 N–H and O–H groups in total. The first-order chi connectivity index (χ1) is 10.1. The summed E-state index contributed by atoms with van der Waals surface area (Å²) >= 11 is 7.67. The molecule has 0 aliphatic heterocycles. The fourth-order valence-electron chi connectivity index (χ4n) is 1.87. The van der Waals surface area contributed by atoms with Crippen molar-refractivity contribution in [1.82, 2.24) is 10.3 Å². The van der Waals surface area contributed by atoms with Gasteiger partial charge in [0.2, 0.25) is 5.91 Å². The molecule has 3 nitrogen and oxygen atoms in total. The fraction of sp³-hybridized carbons (Fsp3) is 0.375. The summed E-state index contributed by atoms with van der Waals surface area (Å²) in [6.45, 7) is 5.00. The van der Waals surface area contributed by atoms with E-state index in [2.05, 4.69) is 24.1 Å². The largest absolute Gasteiger partial charge is 0.356 e. The number of hydrogen-bond donors (Lipinski definition) is 1. The maximum atomic E-state index is 11.8. The second kappa shape index (κ2) is 7.57. The molecule has 0 saturated heterocycles. The van der Waals surface area contributed by atoms with E-state index in [0.29, 0.717) is 17.4 Å². The molecular formula is C16H19ClN2OS. The zero-order chi connectivity index (χ0) is 15.2. The molecule has 2 aromatic rings. The van der Waals surface area contributed by atoms with Crippen molar-refractivity contribution in [2.45, 2.75) is 26.7 Å². The molecule has 0 fully saturated rings. The monoisotopic (exact) mass is 322 g/mol. The number of nitrogens with zero attached hydrogens (tertiary/aromatic N) is 1. The molecule has 112 valence electrons. The third kappa shape index (κ3) is 4.83. The summed E-state index contributed by atoms with van der Waals surface area (Å²) in [6, 6.07) is 7.60. The van der Waals surface area contributed by atoms with E-state index in [-0.39, 0.29) is 5.91 Å². The minimum Gasteiger partial charge on any atom is -0.356 e. The van der Waals surface area contributed by atoms with Gasteiger partial charge >= 0.3 is 0 Å². The van der Waals surface area contributed by atoms with Gasteiger partial charge in [0.25, 0.3) is 0 Å². The summed E-state index contributed by atoms with van der Waals surface area (Å²) in [4.78, 5) is 16.3. The SMILES string of the molecule is CC(C)CCNC(=O)Cc1csc(-c2ccccc2Cl)n1. The van der Waals surface area contributed by atoms with E-state index in [0.717, 1.165) is 29.2 Å². The van der Waals surface area contributed by atoms with Crippen LogP contribution in [0, 0.1) is 5.92 Å². The molecule has 5 heteroatoms. The maximum Gasteiger partial charge on any atom is 0.226 e.